The van der Waals surface area contributed by atoms with Crippen LogP contribution in [0.3, 0.4) is 0 Å². The Morgan fingerprint density at radius 3 is 2.12 bits per heavy atom. The van der Waals surface area contributed by atoms with Gasteiger partial charge in [0.25, 0.3) is 0 Å². The third kappa shape index (κ3) is 3.87. The minimum absolute atomic E-state index is 0.198. The SMILES string of the molecule is Cc1ccc(S(=O)(=O)N2[C@H](c3ccccc3)[C@@H]2C#C[Si](C)(C)C)cc1. The molecule has 0 N–H and O–H groups in total. The summed E-state index contributed by atoms with van der Waals surface area (Å²) < 4.78 is 27.7. The minimum Gasteiger partial charge on any atom is -0.207 e. The molecule has 1 fully saturated rings. The highest BCUT2D eigenvalue weighted by atomic mass is 32.2. The molecule has 0 saturated carbocycles. The zero-order chi connectivity index (χ0) is 18.2. The minimum atomic E-state index is -3.55. The molecule has 3 atom stereocenters. The molecule has 0 amide bonds. The molecule has 0 aromatic heterocycles. The van der Waals surface area contributed by atoms with E-state index in [0.29, 0.717) is 4.90 Å². The van der Waals surface area contributed by atoms with Crippen molar-refractivity contribution in [1.29, 1.82) is 0 Å². The van der Waals surface area contributed by atoms with Crippen molar-refractivity contribution in [1.82, 2.24) is 4.31 Å². The van der Waals surface area contributed by atoms with E-state index >= 15 is 0 Å². The van der Waals surface area contributed by atoms with Crippen LogP contribution in [-0.4, -0.2) is 26.8 Å². The van der Waals surface area contributed by atoms with Gasteiger partial charge in [-0.25, -0.2) is 8.42 Å². The zero-order valence-electron chi connectivity index (χ0n) is 15.0. The summed E-state index contributed by atoms with van der Waals surface area (Å²) in [4.78, 5) is 0.330. The summed E-state index contributed by atoms with van der Waals surface area (Å²) in [5, 5.41) is 0. The van der Waals surface area contributed by atoms with Crippen LogP contribution in [0.25, 0.3) is 0 Å². The van der Waals surface area contributed by atoms with Gasteiger partial charge in [0, 0.05) is 0 Å². The summed E-state index contributed by atoms with van der Waals surface area (Å²) in [5.41, 5.74) is 5.36. The number of sulfonamides is 1. The molecule has 0 spiro atoms. The van der Waals surface area contributed by atoms with Crippen molar-refractivity contribution in [2.75, 3.05) is 0 Å². The fourth-order valence-corrected chi connectivity index (χ4v) is 5.01. The molecule has 2 aromatic carbocycles. The smallest absolute Gasteiger partial charge is 0.207 e. The Hall–Kier alpha value is -1.87. The first kappa shape index (κ1) is 17.9. The summed E-state index contributed by atoms with van der Waals surface area (Å²) in [6, 6.07) is 16.3. The normalized spacial score (nSPS) is 22.8. The van der Waals surface area contributed by atoms with E-state index < -0.39 is 18.1 Å². The Morgan fingerprint density at radius 2 is 1.56 bits per heavy atom. The monoisotopic (exact) mass is 369 g/mol. The molecule has 5 heteroatoms. The predicted molar refractivity (Wildman–Crippen MR) is 104 cm³/mol. The van der Waals surface area contributed by atoms with Crippen molar-refractivity contribution >= 4 is 18.1 Å². The molecule has 25 heavy (non-hydrogen) atoms. The van der Waals surface area contributed by atoms with E-state index in [1.807, 2.05) is 49.4 Å². The van der Waals surface area contributed by atoms with E-state index in [-0.39, 0.29) is 12.1 Å². The van der Waals surface area contributed by atoms with Crippen LogP contribution in [0.4, 0.5) is 0 Å². The van der Waals surface area contributed by atoms with Crippen LogP contribution in [0, 0.1) is 18.4 Å². The molecule has 2 aromatic rings. The average Bonchev–Trinajstić information content (AvgIpc) is 3.29. The predicted octanol–water partition coefficient (Wildman–Crippen LogP) is 3.99. The second-order valence-electron chi connectivity index (χ2n) is 7.47. The number of nitrogens with zero attached hydrogens (tertiary/aromatic N) is 1. The second kappa shape index (κ2) is 6.45. The molecule has 1 aliphatic heterocycles. The molecule has 0 aliphatic carbocycles. The molecule has 3 rings (SSSR count). The molecule has 130 valence electrons. The number of hydrogen-bond acceptors (Lipinski definition) is 2. The van der Waals surface area contributed by atoms with Crippen molar-refractivity contribution in [2.45, 2.75) is 43.5 Å². The Labute approximate surface area is 151 Å². The van der Waals surface area contributed by atoms with Gasteiger partial charge in [-0.3, -0.25) is 0 Å². The lowest BCUT2D eigenvalue weighted by atomic mass is 10.1. The molecule has 1 heterocycles. The summed E-state index contributed by atoms with van der Waals surface area (Å²) in [7, 11) is -5.12. The number of aryl methyl sites for hydroxylation is 1. The molecular weight excluding hydrogens is 346 g/mol. The van der Waals surface area contributed by atoms with Crippen molar-refractivity contribution in [3.8, 4) is 11.5 Å². The highest BCUT2D eigenvalue weighted by molar-refractivity contribution is 7.89. The van der Waals surface area contributed by atoms with Gasteiger partial charge in [-0.05, 0) is 24.6 Å². The molecule has 3 nitrogen and oxygen atoms in total. The van der Waals surface area contributed by atoms with Gasteiger partial charge in [0.05, 0.1) is 10.9 Å². The molecule has 1 saturated heterocycles. The molecule has 0 bridgehead atoms. The third-order valence-corrected chi connectivity index (χ3v) is 6.86. The summed E-state index contributed by atoms with van der Waals surface area (Å²) >= 11 is 0. The van der Waals surface area contributed by atoms with Gasteiger partial charge in [0.15, 0.2) is 0 Å². The average molecular weight is 370 g/mol. The quantitative estimate of drug-likeness (QED) is 0.466. The lowest BCUT2D eigenvalue weighted by Gasteiger charge is -2.07. The molecule has 1 unspecified atom stereocenters. The standard InChI is InChI=1S/C20H23NO2SSi/c1-16-10-12-18(13-11-16)24(22,23)21-19(14-15-25(2,3)4)20(21)17-8-6-5-7-9-17/h5-13,19-20H,1-4H3/t19-,20+,21?/m0/s1. The van der Waals surface area contributed by atoms with E-state index in [9.17, 15) is 8.42 Å². The Kier molecular flexibility index (Phi) is 4.63. The van der Waals surface area contributed by atoms with E-state index in [1.54, 1.807) is 16.4 Å². The van der Waals surface area contributed by atoms with Gasteiger partial charge in [-0.2, -0.15) is 4.31 Å². The van der Waals surface area contributed by atoms with Crippen LogP contribution in [0.1, 0.15) is 17.2 Å². The lowest BCUT2D eigenvalue weighted by molar-refractivity contribution is 0.551. The fraction of sp³-hybridized carbons (Fsp3) is 0.300. The van der Waals surface area contributed by atoms with E-state index in [0.717, 1.165) is 11.1 Å². The van der Waals surface area contributed by atoms with Crippen molar-refractivity contribution in [3.63, 3.8) is 0 Å². The highest BCUT2D eigenvalue weighted by Crippen LogP contribution is 2.47. The van der Waals surface area contributed by atoms with Gasteiger partial charge < -0.3 is 0 Å². The largest absolute Gasteiger partial charge is 0.244 e. The van der Waals surface area contributed by atoms with Gasteiger partial charge >= 0.3 is 0 Å². The molecule has 1 aliphatic rings. The van der Waals surface area contributed by atoms with Crippen molar-refractivity contribution < 1.29 is 8.42 Å². The first-order chi connectivity index (χ1) is 11.7. The van der Waals surface area contributed by atoms with Crippen LogP contribution in [-0.2, 0) is 10.0 Å². The molecule has 0 radical (unpaired) electrons. The number of benzene rings is 2. The van der Waals surface area contributed by atoms with Crippen molar-refractivity contribution in [2.24, 2.45) is 0 Å². The second-order valence-corrected chi connectivity index (χ2v) is 14.1. The van der Waals surface area contributed by atoms with E-state index in [1.165, 1.54) is 0 Å². The summed E-state index contributed by atoms with van der Waals surface area (Å²) in [6.07, 6.45) is 0. The Balaban J connectivity index is 1.99. The number of hydrogen-bond donors (Lipinski definition) is 0. The van der Waals surface area contributed by atoms with E-state index in [4.69, 9.17) is 0 Å². The van der Waals surface area contributed by atoms with Gasteiger partial charge in [-0.1, -0.05) is 73.6 Å². The number of rotatable bonds is 3. The van der Waals surface area contributed by atoms with Crippen LogP contribution in [0.2, 0.25) is 19.6 Å². The van der Waals surface area contributed by atoms with Gasteiger partial charge in [0.1, 0.15) is 14.1 Å². The first-order valence-corrected chi connectivity index (χ1v) is 13.3. The maximum Gasteiger partial charge on any atom is 0.244 e. The summed E-state index contributed by atoms with van der Waals surface area (Å²) in [5.74, 6) is 3.24. The topological polar surface area (TPSA) is 37.1 Å². The maximum absolute atomic E-state index is 13.1. The zero-order valence-corrected chi connectivity index (χ0v) is 16.8. The van der Waals surface area contributed by atoms with Crippen LogP contribution >= 0.6 is 0 Å². The van der Waals surface area contributed by atoms with Crippen LogP contribution in [0.15, 0.2) is 59.5 Å². The van der Waals surface area contributed by atoms with Gasteiger partial charge in [-0.15, -0.1) is 5.54 Å². The highest BCUT2D eigenvalue weighted by Gasteiger charge is 2.55. The van der Waals surface area contributed by atoms with Crippen LogP contribution in [0.5, 0.6) is 0 Å². The van der Waals surface area contributed by atoms with Crippen molar-refractivity contribution in [3.05, 3.63) is 65.7 Å². The van der Waals surface area contributed by atoms with Crippen LogP contribution < -0.4 is 0 Å². The first-order valence-electron chi connectivity index (χ1n) is 8.38. The van der Waals surface area contributed by atoms with E-state index in [2.05, 4.69) is 31.1 Å². The Morgan fingerprint density at radius 1 is 0.960 bits per heavy atom. The third-order valence-electron chi connectivity index (χ3n) is 4.09. The Bertz CT molecular complexity index is 920. The lowest BCUT2D eigenvalue weighted by Crippen LogP contribution is -2.18. The maximum atomic E-state index is 13.1. The molecular formula is C20H23NO2SSi. The fourth-order valence-electron chi connectivity index (χ4n) is 2.75. The summed E-state index contributed by atoms with van der Waals surface area (Å²) in [6.45, 7) is 8.44. The van der Waals surface area contributed by atoms with Gasteiger partial charge in [0.2, 0.25) is 10.0 Å².